The van der Waals surface area contributed by atoms with Crippen molar-refractivity contribution in [1.82, 2.24) is 10.6 Å². The average molecular weight is 470 g/mol. The lowest BCUT2D eigenvalue weighted by Crippen LogP contribution is -2.25. The van der Waals surface area contributed by atoms with E-state index in [0.717, 1.165) is 23.4 Å². The lowest BCUT2D eigenvalue weighted by molar-refractivity contribution is -0.143. The highest BCUT2D eigenvalue weighted by atomic mass is 16.5. The molecule has 0 aromatic heterocycles. The van der Waals surface area contributed by atoms with E-state index in [4.69, 9.17) is 9.47 Å². The summed E-state index contributed by atoms with van der Waals surface area (Å²) in [6.45, 7) is 10.8. The molecule has 0 spiro atoms. The summed E-state index contributed by atoms with van der Waals surface area (Å²) >= 11 is 0. The van der Waals surface area contributed by atoms with Gasteiger partial charge < -0.3 is 24.8 Å². The molecule has 8 heteroatoms. The van der Waals surface area contributed by atoms with E-state index in [0.29, 0.717) is 30.4 Å². The fraction of sp³-hybridized carbons (Fsp3) is 0.346. The fourth-order valence-electron chi connectivity index (χ4n) is 2.77. The van der Waals surface area contributed by atoms with Gasteiger partial charge in [-0.05, 0) is 44.6 Å². The Morgan fingerprint density at radius 2 is 1.82 bits per heavy atom. The van der Waals surface area contributed by atoms with E-state index in [1.807, 2.05) is 44.2 Å². The van der Waals surface area contributed by atoms with Crippen LogP contribution in [0, 0.1) is 0 Å². The standard InChI is InChI=1S/C26H35N3O5/c1-7-10-21(12-11-20(8-2)29-25(30)18-26(31)33-6)28-19(4)23-14-13-22(34-16-15-32-5)17-24(23)27-9-3/h8-14,17,28H,4,7,15-16,18H2,1-3,5-6H3,(H,29,30)/b12-11-,20-8+,21-10-,27-9?. The predicted octanol–water partition coefficient (Wildman–Crippen LogP) is 4.43. The maximum atomic E-state index is 12.0. The molecule has 184 valence electrons. The smallest absolute Gasteiger partial charge is 0.315 e. The number of aliphatic imine (C=N–C) groups is 1. The molecule has 0 saturated carbocycles. The topological polar surface area (TPSA) is 98.2 Å². The molecule has 0 saturated heterocycles. The summed E-state index contributed by atoms with van der Waals surface area (Å²) in [6, 6.07) is 5.61. The Kier molecular flexibility index (Phi) is 13.4. The summed E-state index contributed by atoms with van der Waals surface area (Å²) in [5.41, 5.74) is 3.55. The zero-order chi connectivity index (χ0) is 25.3. The number of benzene rings is 1. The second-order valence-electron chi connectivity index (χ2n) is 6.96. The molecule has 0 bridgehead atoms. The van der Waals surface area contributed by atoms with Gasteiger partial charge in [0.05, 0.1) is 19.4 Å². The Labute approximate surface area is 202 Å². The highest BCUT2D eigenvalue weighted by Gasteiger charge is 2.10. The number of carbonyl (C=O) groups excluding carboxylic acids is 2. The van der Waals surface area contributed by atoms with E-state index < -0.39 is 11.9 Å². The van der Waals surface area contributed by atoms with Crippen LogP contribution in [-0.4, -0.2) is 45.5 Å². The van der Waals surface area contributed by atoms with Crippen LogP contribution in [-0.2, 0) is 19.1 Å². The molecule has 0 heterocycles. The van der Waals surface area contributed by atoms with Crippen molar-refractivity contribution in [3.05, 3.63) is 66.0 Å². The molecule has 0 radical (unpaired) electrons. The third-order valence-electron chi connectivity index (χ3n) is 4.41. The minimum Gasteiger partial charge on any atom is -0.491 e. The van der Waals surface area contributed by atoms with Gasteiger partial charge in [0.25, 0.3) is 0 Å². The number of nitrogens with one attached hydrogen (secondary N) is 2. The van der Waals surface area contributed by atoms with Gasteiger partial charge in [0.2, 0.25) is 5.91 Å². The fourth-order valence-corrected chi connectivity index (χ4v) is 2.77. The van der Waals surface area contributed by atoms with Crippen LogP contribution < -0.4 is 15.4 Å². The molecule has 2 N–H and O–H groups in total. The van der Waals surface area contributed by atoms with Gasteiger partial charge in [-0.2, -0.15) is 0 Å². The summed E-state index contributed by atoms with van der Waals surface area (Å²) in [5, 5.41) is 5.99. The summed E-state index contributed by atoms with van der Waals surface area (Å²) in [7, 11) is 2.87. The quantitative estimate of drug-likeness (QED) is 0.138. The number of hydrogen-bond acceptors (Lipinski definition) is 7. The van der Waals surface area contributed by atoms with Gasteiger partial charge in [-0.15, -0.1) is 0 Å². The monoisotopic (exact) mass is 469 g/mol. The summed E-state index contributed by atoms with van der Waals surface area (Å²) in [6.07, 6.45) is 9.45. The number of esters is 1. The van der Waals surface area contributed by atoms with E-state index in [1.54, 1.807) is 32.4 Å². The van der Waals surface area contributed by atoms with Crippen LogP contribution in [0.5, 0.6) is 5.75 Å². The first-order chi connectivity index (χ1) is 16.4. The second-order valence-corrected chi connectivity index (χ2v) is 6.96. The molecule has 1 aromatic rings. The van der Waals surface area contributed by atoms with E-state index >= 15 is 0 Å². The van der Waals surface area contributed by atoms with Gasteiger partial charge in [0.1, 0.15) is 18.8 Å². The van der Waals surface area contributed by atoms with Crippen molar-refractivity contribution in [2.45, 2.75) is 33.6 Å². The van der Waals surface area contributed by atoms with Crippen molar-refractivity contribution in [3.8, 4) is 5.75 Å². The average Bonchev–Trinajstić information content (AvgIpc) is 2.82. The van der Waals surface area contributed by atoms with E-state index in [9.17, 15) is 9.59 Å². The molecular formula is C26H35N3O5. The second kappa shape index (κ2) is 16.0. The van der Waals surface area contributed by atoms with Crippen molar-refractivity contribution in [1.29, 1.82) is 0 Å². The molecule has 8 nitrogen and oxygen atoms in total. The normalized spacial score (nSPS) is 12.1. The van der Waals surface area contributed by atoms with E-state index in [1.165, 1.54) is 7.11 Å². The number of methoxy groups -OCH3 is 2. The van der Waals surface area contributed by atoms with Gasteiger partial charge in [0.15, 0.2) is 0 Å². The zero-order valence-electron chi connectivity index (χ0n) is 20.6. The summed E-state index contributed by atoms with van der Waals surface area (Å²) < 4.78 is 15.2. The number of ether oxygens (including phenoxy) is 3. The van der Waals surface area contributed by atoms with Gasteiger partial charge in [0, 0.05) is 42.0 Å². The Morgan fingerprint density at radius 1 is 1.09 bits per heavy atom. The minimum atomic E-state index is -0.595. The van der Waals surface area contributed by atoms with E-state index in [2.05, 4.69) is 26.9 Å². The molecule has 1 aromatic carbocycles. The highest BCUT2D eigenvalue weighted by molar-refractivity contribution is 5.95. The number of rotatable bonds is 14. The van der Waals surface area contributed by atoms with Gasteiger partial charge >= 0.3 is 5.97 Å². The molecule has 34 heavy (non-hydrogen) atoms. The third-order valence-corrected chi connectivity index (χ3v) is 4.41. The van der Waals surface area contributed by atoms with Crippen molar-refractivity contribution in [3.63, 3.8) is 0 Å². The van der Waals surface area contributed by atoms with Crippen molar-refractivity contribution >= 4 is 29.5 Å². The molecule has 0 aliphatic carbocycles. The molecule has 0 fully saturated rings. The molecule has 1 rings (SSSR count). The molecular weight excluding hydrogens is 434 g/mol. The molecule has 0 atom stereocenters. The molecule has 1 amide bonds. The predicted molar refractivity (Wildman–Crippen MR) is 136 cm³/mol. The largest absolute Gasteiger partial charge is 0.491 e. The maximum Gasteiger partial charge on any atom is 0.315 e. The van der Waals surface area contributed by atoms with Crippen LogP contribution in [0.3, 0.4) is 0 Å². The van der Waals surface area contributed by atoms with Crippen molar-refractivity contribution in [2.75, 3.05) is 27.4 Å². The lowest BCUT2D eigenvalue weighted by atomic mass is 10.1. The van der Waals surface area contributed by atoms with Gasteiger partial charge in [-0.1, -0.05) is 25.7 Å². The maximum absolute atomic E-state index is 12.0. The highest BCUT2D eigenvalue weighted by Crippen LogP contribution is 2.29. The third kappa shape index (κ3) is 10.3. The SMILES string of the molecule is C=C(NC(/C=C\C(=C/C)NC(=O)CC(=O)OC)=C\CC)c1ccc(OCCOC)cc1N=CC. The molecule has 0 aliphatic heterocycles. The number of nitrogens with zero attached hydrogens (tertiary/aromatic N) is 1. The number of amides is 1. The zero-order valence-corrected chi connectivity index (χ0v) is 20.6. The first kappa shape index (κ1) is 28.4. The van der Waals surface area contributed by atoms with Crippen molar-refractivity contribution in [2.24, 2.45) is 4.99 Å². The first-order valence-corrected chi connectivity index (χ1v) is 11.0. The van der Waals surface area contributed by atoms with Crippen molar-refractivity contribution < 1.29 is 23.8 Å². The summed E-state index contributed by atoms with van der Waals surface area (Å²) in [5.74, 6) is -0.348. The Bertz CT molecular complexity index is 961. The van der Waals surface area contributed by atoms with Crippen LogP contribution in [0.1, 0.15) is 39.2 Å². The van der Waals surface area contributed by atoms with Crippen LogP contribution in [0.4, 0.5) is 5.69 Å². The Morgan fingerprint density at radius 3 is 2.44 bits per heavy atom. The Balaban J connectivity index is 2.98. The van der Waals surface area contributed by atoms with Crippen LogP contribution in [0.25, 0.3) is 5.70 Å². The first-order valence-electron chi connectivity index (χ1n) is 11.0. The molecule has 0 aliphatic rings. The number of hydrogen-bond donors (Lipinski definition) is 2. The van der Waals surface area contributed by atoms with Crippen LogP contribution in [0.15, 0.2) is 65.5 Å². The minimum absolute atomic E-state index is 0.347. The van der Waals surface area contributed by atoms with Gasteiger partial charge in [-0.25, -0.2) is 0 Å². The van der Waals surface area contributed by atoms with Crippen LogP contribution >= 0.6 is 0 Å². The summed E-state index contributed by atoms with van der Waals surface area (Å²) in [4.78, 5) is 27.7. The lowest BCUT2D eigenvalue weighted by Gasteiger charge is -2.15. The number of allylic oxidation sites excluding steroid dienone is 4. The van der Waals surface area contributed by atoms with E-state index in [-0.39, 0.29) is 6.42 Å². The Hall–Kier alpha value is -3.65. The van der Waals surface area contributed by atoms with Crippen LogP contribution in [0.2, 0.25) is 0 Å². The van der Waals surface area contributed by atoms with Gasteiger partial charge in [-0.3, -0.25) is 14.6 Å². The number of carbonyl (C=O) groups is 2. The molecule has 0 unspecified atom stereocenters.